The van der Waals surface area contributed by atoms with Crippen LogP contribution in [0.2, 0.25) is 0 Å². The molecule has 5 nitrogen and oxygen atoms in total. The van der Waals surface area contributed by atoms with E-state index in [1.54, 1.807) is 6.07 Å². The van der Waals surface area contributed by atoms with Crippen LogP contribution in [-0.4, -0.2) is 45.8 Å². The second kappa shape index (κ2) is 6.46. The van der Waals surface area contributed by atoms with Crippen molar-refractivity contribution < 1.29 is 15.0 Å². The van der Waals surface area contributed by atoms with Gasteiger partial charge in [-0.2, -0.15) is 0 Å². The fourth-order valence-corrected chi connectivity index (χ4v) is 5.85. The molecule has 4 N–H and O–H groups in total. The highest BCUT2D eigenvalue weighted by Gasteiger charge is 2.64. The molecule has 1 aromatic rings. The highest BCUT2D eigenvalue weighted by atomic mass is 16.3. The number of benzene rings is 1. The first-order valence-electron chi connectivity index (χ1n) is 10.1. The zero-order valence-electron chi connectivity index (χ0n) is 16.8. The van der Waals surface area contributed by atoms with E-state index >= 15 is 0 Å². The van der Waals surface area contributed by atoms with Crippen LogP contribution in [0.5, 0.6) is 5.75 Å². The Morgan fingerprint density at radius 2 is 2.14 bits per heavy atom. The molecule has 2 aliphatic carbocycles. The summed E-state index contributed by atoms with van der Waals surface area (Å²) in [5, 5.41) is 23.1. The maximum Gasteiger partial charge on any atom is 0.252 e. The van der Waals surface area contributed by atoms with Crippen molar-refractivity contribution in [1.29, 1.82) is 0 Å². The van der Waals surface area contributed by atoms with E-state index < -0.39 is 16.9 Å². The third-order valence-electron chi connectivity index (χ3n) is 7.21. The van der Waals surface area contributed by atoms with Crippen molar-refractivity contribution in [3.05, 3.63) is 52.6 Å². The van der Waals surface area contributed by atoms with Crippen LogP contribution in [0.25, 0.3) is 0 Å². The summed E-state index contributed by atoms with van der Waals surface area (Å²) in [5.74, 6) is -0.688. The third-order valence-corrected chi connectivity index (χ3v) is 7.21. The van der Waals surface area contributed by atoms with Gasteiger partial charge in [0, 0.05) is 23.6 Å². The fraction of sp³-hybridized carbons (Fsp3) is 0.522. The van der Waals surface area contributed by atoms with Crippen molar-refractivity contribution in [2.75, 3.05) is 13.1 Å². The number of carbonyl (C=O) groups is 1. The molecule has 3 atom stereocenters. The van der Waals surface area contributed by atoms with Gasteiger partial charge in [-0.3, -0.25) is 9.69 Å². The van der Waals surface area contributed by atoms with Crippen LogP contribution in [0.4, 0.5) is 0 Å². The van der Waals surface area contributed by atoms with E-state index in [2.05, 4.69) is 31.4 Å². The maximum absolute atomic E-state index is 12.1. The van der Waals surface area contributed by atoms with Crippen LogP contribution in [0.3, 0.4) is 0 Å². The number of phenols is 1. The number of hydrogen-bond donors (Lipinski definition) is 3. The predicted octanol–water partition coefficient (Wildman–Crippen LogP) is 2.80. The van der Waals surface area contributed by atoms with Gasteiger partial charge in [-0.15, -0.1) is 0 Å². The van der Waals surface area contributed by atoms with Gasteiger partial charge in [0.15, 0.2) is 0 Å². The smallest absolute Gasteiger partial charge is 0.252 e. The molecular formula is C23H30N2O3. The lowest BCUT2D eigenvalue weighted by atomic mass is 9.48. The molecule has 1 amide bonds. The van der Waals surface area contributed by atoms with E-state index in [0.29, 0.717) is 19.3 Å². The lowest BCUT2D eigenvalue weighted by Crippen LogP contribution is -2.72. The normalized spacial score (nSPS) is 31.7. The fourth-order valence-electron chi connectivity index (χ4n) is 5.85. The molecule has 0 spiro atoms. The average Bonchev–Trinajstić information content (AvgIpc) is 2.61. The zero-order valence-corrected chi connectivity index (χ0v) is 16.8. The Labute approximate surface area is 166 Å². The molecule has 1 saturated heterocycles. The number of primary amides is 1. The van der Waals surface area contributed by atoms with Gasteiger partial charge in [-0.25, -0.2) is 0 Å². The number of amides is 1. The predicted molar refractivity (Wildman–Crippen MR) is 109 cm³/mol. The number of aromatic hydroxyl groups is 1. The summed E-state index contributed by atoms with van der Waals surface area (Å²) in [6, 6.07) is 3.51. The summed E-state index contributed by atoms with van der Waals surface area (Å²) in [6.07, 6.45) is 5.64. The molecule has 5 heteroatoms. The summed E-state index contributed by atoms with van der Waals surface area (Å²) in [7, 11) is 0. The molecule has 0 aromatic heterocycles. The highest BCUT2D eigenvalue weighted by Crippen LogP contribution is 2.61. The van der Waals surface area contributed by atoms with Crippen molar-refractivity contribution >= 4 is 5.91 Å². The monoisotopic (exact) mass is 382 g/mol. The average molecular weight is 383 g/mol. The molecule has 1 unspecified atom stereocenters. The first-order valence-corrected chi connectivity index (χ1v) is 10.1. The summed E-state index contributed by atoms with van der Waals surface area (Å²) in [6.45, 7) is 10.0. The minimum Gasteiger partial charge on any atom is -0.507 e. The third kappa shape index (κ3) is 2.56. The number of nitrogens with zero attached hydrogens (tertiary/aromatic N) is 1. The van der Waals surface area contributed by atoms with E-state index in [9.17, 15) is 15.0 Å². The van der Waals surface area contributed by atoms with Crippen molar-refractivity contribution in [3.63, 3.8) is 0 Å². The molecular weight excluding hydrogens is 352 g/mol. The molecule has 1 aliphatic heterocycles. The van der Waals surface area contributed by atoms with Crippen LogP contribution in [0.15, 0.2) is 35.9 Å². The quantitative estimate of drug-likeness (QED) is 0.702. The molecule has 1 heterocycles. The van der Waals surface area contributed by atoms with Gasteiger partial charge in [0.25, 0.3) is 5.91 Å². The summed E-state index contributed by atoms with van der Waals surface area (Å²) < 4.78 is 0. The molecule has 4 rings (SSSR count). The number of allylic oxidation sites excluding steroid dienone is 2. The Morgan fingerprint density at radius 1 is 1.39 bits per heavy atom. The van der Waals surface area contributed by atoms with Gasteiger partial charge in [-0.05, 0) is 64.1 Å². The molecule has 3 aliphatic rings. The number of aliphatic hydroxyl groups is 1. The second-order valence-electron chi connectivity index (χ2n) is 9.04. The Bertz CT molecular complexity index is 886. The molecule has 1 aromatic carbocycles. The Morgan fingerprint density at radius 3 is 2.82 bits per heavy atom. The van der Waals surface area contributed by atoms with Gasteiger partial charge < -0.3 is 15.9 Å². The molecule has 150 valence electrons. The zero-order chi connectivity index (χ0) is 20.3. The first-order chi connectivity index (χ1) is 13.2. The molecule has 28 heavy (non-hydrogen) atoms. The second-order valence-corrected chi connectivity index (χ2v) is 9.04. The Kier molecular flexibility index (Phi) is 4.43. The van der Waals surface area contributed by atoms with Crippen LogP contribution in [-0.2, 0) is 11.8 Å². The lowest BCUT2D eigenvalue weighted by Gasteiger charge is -2.64. The number of piperidine rings is 1. The Hall–Kier alpha value is -2.11. The number of likely N-dealkylation sites (tertiary alicyclic amines) is 1. The van der Waals surface area contributed by atoms with Crippen LogP contribution >= 0.6 is 0 Å². The van der Waals surface area contributed by atoms with Gasteiger partial charge >= 0.3 is 0 Å². The number of carbonyl (C=O) groups excluding carboxylic acids is 1. The first kappa shape index (κ1) is 19.2. The minimum absolute atomic E-state index is 0.0173. The highest BCUT2D eigenvalue weighted by molar-refractivity contribution is 5.96. The van der Waals surface area contributed by atoms with Crippen LogP contribution < -0.4 is 5.73 Å². The number of fused-ring (bicyclic) bond motifs is 1. The van der Waals surface area contributed by atoms with Gasteiger partial charge in [0.2, 0.25) is 0 Å². The van der Waals surface area contributed by atoms with E-state index in [0.717, 1.165) is 42.6 Å². The van der Waals surface area contributed by atoms with E-state index in [4.69, 9.17) is 5.73 Å². The van der Waals surface area contributed by atoms with E-state index in [-0.39, 0.29) is 17.4 Å². The summed E-state index contributed by atoms with van der Waals surface area (Å²) in [4.78, 5) is 14.2. The number of hydrogen-bond acceptors (Lipinski definition) is 4. The lowest BCUT2D eigenvalue weighted by molar-refractivity contribution is -0.156. The van der Waals surface area contributed by atoms with Crippen molar-refractivity contribution in [3.8, 4) is 5.75 Å². The Balaban J connectivity index is 1.90. The standard InChI is InChI=1S/C23H30N2O3/c1-14(2)7-10-25-11-9-22-13-15(3)6-8-23(22,28)18(25)12-16-4-5-17(21(24)27)20(26)19(16)22/h4-5,7,18,26,28H,3,6,8-13H2,1-2H3,(H2,24,27)/t18-,22?,23-/m1/s1. The maximum atomic E-state index is 12.1. The molecule has 0 radical (unpaired) electrons. The number of rotatable bonds is 3. The number of nitrogens with two attached hydrogens (primary N) is 1. The minimum atomic E-state index is -0.956. The van der Waals surface area contributed by atoms with Crippen molar-refractivity contribution in [2.24, 2.45) is 5.73 Å². The summed E-state index contributed by atoms with van der Waals surface area (Å²) in [5.41, 5.74) is 8.16. The largest absolute Gasteiger partial charge is 0.507 e. The van der Waals surface area contributed by atoms with Crippen LogP contribution in [0, 0.1) is 0 Å². The van der Waals surface area contributed by atoms with Crippen molar-refractivity contribution in [2.45, 2.75) is 63.0 Å². The molecule has 2 fully saturated rings. The van der Waals surface area contributed by atoms with E-state index in [1.807, 2.05) is 6.07 Å². The molecule has 1 saturated carbocycles. The van der Waals surface area contributed by atoms with Gasteiger partial charge in [-0.1, -0.05) is 29.9 Å². The molecule has 2 bridgehead atoms. The van der Waals surface area contributed by atoms with E-state index in [1.165, 1.54) is 5.57 Å². The van der Waals surface area contributed by atoms with Crippen LogP contribution in [0.1, 0.15) is 61.0 Å². The summed E-state index contributed by atoms with van der Waals surface area (Å²) >= 11 is 0. The topological polar surface area (TPSA) is 86.8 Å². The van der Waals surface area contributed by atoms with Crippen molar-refractivity contribution in [1.82, 2.24) is 4.90 Å². The van der Waals surface area contributed by atoms with Gasteiger partial charge in [0.1, 0.15) is 5.75 Å². The SMILES string of the molecule is C=C1CC[C@@]2(O)[C@H]3Cc4ccc(C(N)=O)c(O)c4C2(CCN3CC=C(C)C)C1. The van der Waals surface area contributed by atoms with Gasteiger partial charge in [0.05, 0.1) is 11.2 Å².